The second-order valence-electron chi connectivity index (χ2n) is 9.43. The van der Waals surface area contributed by atoms with E-state index in [4.69, 9.17) is 12.6 Å². The molecule has 2 aromatic carbocycles. The third kappa shape index (κ3) is 11.4. The van der Waals surface area contributed by atoms with Crippen LogP contribution in [0.4, 0.5) is 0 Å². The Morgan fingerprint density at radius 1 is 0.750 bits per heavy atom. The van der Waals surface area contributed by atoms with Gasteiger partial charge >= 0.3 is 0 Å². The molecule has 0 aliphatic carbocycles. The van der Waals surface area contributed by atoms with E-state index in [0.717, 1.165) is 20.9 Å². The Labute approximate surface area is 206 Å². The molecule has 0 aliphatic rings. The van der Waals surface area contributed by atoms with Crippen molar-refractivity contribution in [3.8, 4) is 0 Å². The molecule has 0 radical (unpaired) electrons. The molecule has 2 nitrogen and oxygen atoms in total. The molecule has 0 atom stereocenters. The molecule has 32 heavy (non-hydrogen) atoms. The van der Waals surface area contributed by atoms with Crippen LogP contribution < -0.4 is 0 Å². The number of hydrogen-bond donors (Lipinski definition) is 0. The lowest BCUT2D eigenvalue weighted by Crippen LogP contribution is -2.39. The highest BCUT2D eigenvalue weighted by atomic mass is 32.2. The predicted molar refractivity (Wildman–Crippen MR) is 144 cm³/mol. The Kier molecular flexibility index (Phi) is 12.8. The highest BCUT2D eigenvalue weighted by Crippen LogP contribution is 2.20. The molecule has 0 aliphatic heterocycles. The van der Waals surface area contributed by atoms with Gasteiger partial charge in [-0.3, -0.25) is 4.98 Å². The highest BCUT2D eigenvalue weighted by molar-refractivity contribution is 7.63. The molecule has 0 N–H and O–H groups in total. The van der Waals surface area contributed by atoms with Crippen molar-refractivity contribution in [3.63, 3.8) is 0 Å². The van der Waals surface area contributed by atoms with Gasteiger partial charge < -0.3 is 28.4 Å². The monoisotopic (exact) mass is 470 g/mol. The first-order valence-electron chi connectivity index (χ1n) is 12.4. The quantitative estimate of drug-likeness (QED) is 0.141. The van der Waals surface area contributed by atoms with Gasteiger partial charge in [-0.2, -0.15) is 0 Å². The van der Waals surface area contributed by atoms with Crippen LogP contribution in [0.5, 0.6) is 0 Å². The van der Waals surface area contributed by atoms with Crippen molar-refractivity contribution in [1.29, 1.82) is 0 Å². The Hall–Kier alpha value is -1.49. The summed E-state index contributed by atoms with van der Waals surface area (Å²) in [6, 6.07) is 18.9. The topological polar surface area (TPSA) is 12.9 Å². The molecular formula is C28H42N2S2. The Morgan fingerprint density at radius 2 is 1.31 bits per heavy atom. The Balaban J connectivity index is 0.000000297. The summed E-state index contributed by atoms with van der Waals surface area (Å²) >= 11 is 6.48. The number of thiazole rings is 1. The number of rotatable bonds is 13. The van der Waals surface area contributed by atoms with Gasteiger partial charge in [0.25, 0.3) is 0 Å². The largest absolute Gasteiger partial charge is 0.408 e. The number of aromatic nitrogens is 1. The van der Waals surface area contributed by atoms with E-state index in [2.05, 4.69) is 56.3 Å². The maximum Gasteiger partial charge on any atom is 0.104 e. The van der Waals surface area contributed by atoms with Gasteiger partial charge in [-0.1, -0.05) is 107 Å². The number of hydrogen-bond acceptors (Lipinski definition) is 3. The van der Waals surface area contributed by atoms with Gasteiger partial charge in [0.2, 0.25) is 0 Å². The van der Waals surface area contributed by atoms with Crippen LogP contribution in [0.15, 0.2) is 58.9 Å². The van der Waals surface area contributed by atoms with E-state index in [1.54, 1.807) is 11.3 Å². The minimum atomic E-state index is 0.723. The van der Waals surface area contributed by atoms with Crippen LogP contribution in [0, 0.1) is 0 Å². The Bertz CT molecular complexity index is 825. The molecule has 1 heterocycles. The second-order valence-corrected chi connectivity index (χ2v) is 11.1. The molecule has 0 unspecified atom stereocenters. The summed E-state index contributed by atoms with van der Waals surface area (Å²) in [5.41, 5.74) is 2.47. The van der Waals surface area contributed by atoms with Crippen molar-refractivity contribution in [3.05, 3.63) is 60.2 Å². The van der Waals surface area contributed by atoms with Gasteiger partial charge in [0.1, 0.15) is 6.54 Å². The second kappa shape index (κ2) is 15.4. The summed E-state index contributed by atoms with van der Waals surface area (Å²) in [6.45, 7) is 4.74. The van der Waals surface area contributed by atoms with Gasteiger partial charge in [-0.25, -0.2) is 0 Å². The van der Waals surface area contributed by atoms with E-state index >= 15 is 0 Å². The first kappa shape index (κ1) is 26.8. The van der Waals surface area contributed by atoms with Crippen molar-refractivity contribution < 1.29 is 4.48 Å². The zero-order valence-electron chi connectivity index (χ0n) is 20.4. The van der Waals surface area contributed by atoms with E-state index in [9.17, 15) is 0 Å². The molecule has 3 aromatic rings. The fraction of sp³-hybridized carbons (Fsp3) is 0.536. The standard InChI is InChI=1S/C21H38N.C7H5NS2/c1-4-5-6-7-8-9-10-11-12-16-19-22(2,3)20-21-17-14-13-15-18-21;9-7-8-5-3-1-2-4-6(5)10-7/h13-15,17-18H,4-12,16,19-20H2,1-3H3;1-4H,(H,8,9)/q+1;/p-1. The summed E-state index contributed by atoms with van der Waals surface area (Å²) in [7, 11) is 4.72. The average Bonchev–Trinajstić information content (AvgIpc) is 3.16. The summed E-state index contributed by atoms with van der Waals surface area (Å²) in [6.07, 6.45) is 14.2. The molecule has 3 rings (SSSR count). The number of benzene rings is 2. The molecule has 4 heteroatoms. The lowest BCUT2D eigenvalue weighted by molar-refractivity contribution is -0.903. The number of para-hydroxylation sites is 1. The first-order valence-corrected chi connectivity index (χ1v) is 13.6. The smallest absolute Gasteiger partial charge is 0.104 e. The van der Waals surface area contributed by atoms with Gasteiger partial charge in [-0.05, 0) is 27.9 Å². The SMILES string of the molecule is CCCCCCCCCCCC[N+](C)(C)Cc1ccccc1.[S-]c1nc2ccccc2s1. The number of quaternary nitrogens is 1. The molecule has 0 saturated carbocycles. The Morgan fingerprint density at radius 3 is 1.94 bits per heavy atom. The summed E-state index contributed by atoms with van der Waals surface area (Å²) in [5.74, 6) is 0. The van der Waals surface area contributed by atoms with E-state index in [1.165, 1.54) is 81.0 Å². The van der Waals surface area contributed by atoms with Gasteiger partial charge in [0.05, 0.1) is 26.2 Å². The van der Waals surface area contributed by atoms with Gasteiger partial charge in [0, 0.05) is 5.56 Å². The summed E-state index contributed by atoms with van der Waals surface area (Å²) in [5, 5.41) is 0. The van der Waals surface area contributed by atoms with E-state index in [1.807, 2.05) is 24.3 Å². The molecule has 0 fully saturated rings. The normalized spacial score (nSPS) is 11.3. The van der Waals surface area contributed by atoms with E-state index in [0.29, 0.717) is 0 Å². The van der Waals surface area contributed by atoms with Gasteiger partial charge in [-0.15, -0.1) is 0 Å². The maximum atomic E-state index is 4.92. The number of fused-ring (bicyclic) bond motifs is 1. The lowest BCUT2D eigenvalue weighted by atomic mass is 10.1. The third-order valence-corrected chi connectivity index (χ3v) is 7.02. The third-order valence-electron chi connectivity index (χ3n) is 5.84. The van der Waals surface area contributed by atoms with Crippen molar-refractivity contribution in [2.75, 3.05) is 20.6 Å². The molecule has 1 aromatic heterocycles. The molecule has 176 valence electrons. The van der Waals surface area contributed by atoms with Crippen LogP contribution in [0.1, 0.15) is 76.7 Å². The lowest BCUT2D eigenvalue weighted by Gasteiger charge is -2.30. The van der Waals surface area contributed by atoms with E-state index < -0.39 is 0 Å². The van der Waals surface area contributed by atoms with E-state index in [-0.39, 0.29) is 0 Å². The average molecular weight is 471 g/mol. The maximum absolute atomic E-state index is 4.92. The zero-order valence-corrected chi connectivity index (χ0v) is 22.0. The highest BCUT2D eigenvalue weighted by Gasteiger charge is 2.14. The molecule has 0 bridgehead atoms. The zero-order chi connectivity index (χ0) is 23.1. The van der Waals surface area contributed by atoms with Crippen LogP contribution in [0.25, 0.3) is 10.2 Å². The number of nitrogens with zero attached hydrogens (tertiary/aromatic N) is 2. The fourth-order valence-electron chi connectivity index (χ4n) is 4.04. The summed E-state index contributed by atoms with van der Waals surface area (Å²) in [4.78, 5) is 4.15. The van der Waals surface area contributed by atoms with Crippen molar-refractivity contribution >= 4 is 34.2 Å². The van der Waals surface area contributed by atoms with Crippen LogP contribution in [-0.2, 0) is 19.2 Å². The van der Waals surface area contributed by atoms with Crippen LogP contribution in [0.3, 0.4) is 0 Å². The first-order chi connectivity index (χ1) is 15.5. The minimum absolute atomic E-state index is 0.723. The predicted octanol–water partition coefficient (Wildman–Crippen LogP) is 8.39. The summed E-state index contributed by atoms with van der Waals surface area (Å²) < 4.78 is 3.01. The minimum Gasteiger partial charge on any atom is -0.408 e. The van der Waals surface area contributed by atoms with Gasteiger partial charge in [0.15, 0.2) is 0 Å². The molecular weight excluding hydrogens is 428 g/mol. The van der Waals surface area contributed by atoms with Crippen molar-refractivity contribution in [1.82, 2.24) is 4.98 Å². The molecule has 0 spiro atoms. The van der Waals surface area contributed by atoms with Crippen LogP contribution in [-0.4, -0.2) is 30.1 Å². The van der Waals surface area contributed by atoms with Crippen molar-refractivity contribution in [2.24, 2.45) is 0 Å². The van der Waals surface area contributed by atoms with Crippen LogP contribution >= 0.6 is 11.3 Å². The van der Waals surface area contributed by atoms with Crippen LogP contribution in [0.2, 0.25) is 0 Å². The molecule has 0 amide bonds. The molecule has 0 saturated heterocycles. The number of unbranched alkanes of at least 4 members (excludes halogenated alkanes) is 9. The van der Waals surface area contributed by atoms with Crippen molar-refractivity contribution in [2.45, 2.75) is 82.0 Å². The fourth-order valence-corrected chi connectivity index (χ4v) is 5.10.